The molecule has 0 aliphatic carbocycles. The van der Waals surface area contributed by atoms with Crippen LogP contribution in [0.3, 0.4) is 0 Å². The second-order valence-corrected chi connectivity index (χ2v) is 7.12. The molecule has 0 bridgehead atoms. The van der Waals surface area contributed by atoms with E-state index in [0.717, 1.165) is 48.6 Å². The summed E-state index contributed by atoms with van der Waals surface area (Å²) in [4.78, 5) is 18.0. The fraction of sp³-hybridized carbons (Fsp3) is 0.412. The third-order valence-electron chi connectivity index (χ3n) is 4.44. The van der Waals surface area contributed by atoms with Gasteiger partial charge in [-0.05, 0) is 18.2 Å². The fourth-order valence-corrected chi connectivity index (χ4v) is 3.62. The van der Waals surface area contributed by atoms with Gasteiger partial charge in [-0.15, -0.1) is 0 Å². The Kier molecular flexibility index (Phi) is 4.49. The maximum atomic E-state index is 11.3. The van der Waals surface area contributed by atoms with Gasteiger partial charge in [0, 0.05) is 30.3 Å². The van der Waals surface area contributed by atoms with Crippen molar-refractivity contribution in [1.82, 2.24) is 14.5 Å². The van der Waals surface area contributed by atoms with Gasteiger partial charge in [0.05, 0.1) is 25.3 Å². The number of ether oxygens (including phenoxy) is 2. The van der Waals surface area contributed by atoms with E-state index in [2.05, 4.69) is 25.8 Å². The lowest BCUT2D eigenvalue weighted by molar-refractivity contribution is 0.0172. The van der Waals surface area contributed by atoms with Crippen LogP contribution in [0.15, 0.2) is 28.9 Å². The highest BCUT2D eigenvalue weighted by Gasteiger charge is 2.27. The fourth-order valence-electron chi connectivity index (χ4n) is 3.26. The zero-order valence-corrected chi connectivity index (χ0v) is 15.1. The molecule has 0 spiro atoms. The monoisotopic (exact) mass is 407 g/mol. The van der Waals surface area contributed by atoms with Gasteiger partial charge >= 0.3 is 5.97 Å². The number of hydrogen-bond donors (Lipinski definition) is 1. The van der Waals surface area contributed by atoms with Gasteiger partial charge < -0.3 is 19.1 Å². The quantitative estimate of drug-likeness (QED) is 0.839. The molecule has 0 saturated carbocycles. The van der Waals surface area contributed by atoms with Gasteiger partial charge in [0.2, 0.25) is 0 Å². The molecule has 2 aliphatic rings. The first kappa shape index (κ1) is 16.6. The Balaban J connectivity index is 1.70. The Morgan fingerprint density at radius 2 is 2.16 bits per heavy atom. The van der Waals surface area contributed by atoms with Crippen molar-refractivity contribution in [3.05, 3.63) is 34.6 Å². The first-order valence-electron chi connectivity index (χ1n) is 8.17. The number of halogens is 1. The van der Waals surface area contributed by atoms with Crippen LogP contribution >= 0.6 is 15.9 Å². The highest BCUT2D eigenvalue weighted by molar-refractivity contribution is 9.10. The summed E-state index contributed by atoms with van der Waals surface area (Å²) >= 11 is 3.47. The molecule has 2 aromatic rings. The summed E-state index contributed by atoms with van der Waals surface area (Å²) in [7, 11) is 0. The first-order valence-corrected chi connectivity index (χ1v) is 8.96. The van der Waals surface area contributed by atoms with Crippen molar-refractivity contribution in [2.75, 3.05) is 32.8 Å². The Morgan fingerprint density at radius 3 is 2.92 bits per heavy atom. The smallest absolute Gasteiger partial charge is 0.356 e. The zero-order valence-electron chi connectivity index (χ0n) is 13.5. The molecule has 7 nitrogen and oxygen atoms in total. The summed E-state index contributed by atoms with van der Waals surface area (Å²) in [6.45, 7) is 4.54. The van der Waals surface area contributed by atoms with Gasteiger partial charge in [0.1, 0.15) is 17.7 Å². The second-order valence-electron chi connectivity index (χ2n) is 6.20. The van der Waals surface area contributed by atoms with E-state index >= 15 is 0 Å². The van der Waals surface area contributed by atoms with Crippen LogP contribution in [0.25, 0.3) is 11.4 Å². The van der Waals surface area contributed by atoms with E-state index in [4.69, 9.17) is 9.47 Å². The van der Waals surface area contributed by atoms with Gasteiger partial charge in [-0.3, -0.25) is 4.90 Å². The summed E-state index contributed by atoms with van der Waals surface area (Å²) in [6.07, 6.45) is 1.50. The number of imidazole rings is 1. The lowest BCUT2D eigenvalue weighted by atomic mass is 10.2. The van der Waals surface area contributed by atoms with E-state index in [1.165, 1.54) is 0 Å². The molecule has 1 aromatic heterocycles. The topological polar surface area (TPSA) is 76.8 Å². The lowest BCUT2D eigenvalue weighted by Crippen LogP contribution is -2.43. The average Bonchev–Trinajstić information content (AvgIpc) is 2.96. The van der Waals surface area contributed by atoms with Crippen molar-refractivity contribution in [3.63, 3.8) is 0 Å². The van der Waals surface area contributed by atoms with Gasteiger partial charge in [-0.1, -0.05) is 15.9 Å². The molecule has 1 saturated heterocycles. The SMILES string of the molecule is O=C(O)c1cn2c(n1)-c1cc(Br)ccc1OC(CN1CCOCC1)C2. The molecule has 25 heavy (non-hydrogen) atoms. The molecule has 2 aliphatic heterocycles. The molecule has 1 aromatic carbocycles. The largest absolute Gasteiger partial charge is 0.486 e. The van der Waals surface area contributed by atoms with Gasteiger partial charge in [-0.2, -0.15) is 0 Å². The number of benzene rings is 1. The number of carboxylic acids is 1. The minimum Gasteiger partial charge on any atom is -0.486 e. The summed E-state index contributed by atoms with van der Waals surface area (Å²) in [5.74, 6) is 0.323. The van der Waals surface area contributed by atoms with E-state index in [9.17, 15) is 9.90 Å². The minimum atomic E-state index is -1.03. The van der Waals surface area contributed by atoms with E-state index < -0.39 is 5.97 Å². The molecule has 0 amide bonds. The molecule has 0 radical (unpaired) electrons. The number of hydrogen-bond acceptors (Lipinski definition) is 5. The van der Waals surface area contributed by atoms with Crippen molar-refractivity contribution in [1.29, 1.82) is 0 Å². The predicted molar refractivity (Wildman–Crippen MR) is 94.0 cm³/mol. The molecule has 132 valence electrons. The second kappa shape index (κ2) is 6.78. The van der Waals surface area contributed by atoms with Gasteiger partial charge in [0.15, 0.2) is 5.69 Å². The average molecular weight is 408 g/mol. The molecule has 1 atom stereocenters. The number of aromatic nitrogens is 2. The minimum absolute atomic E-state index is 0.0490. The highest BCUT2D eigenvalue weighted by atomic mass is 79.9. The molecular formula is C17H18BrN3O4. The number of morpholine rings is 1. The van der Waals surface area contributed by atoms with E-state index in [-0.39, 0.29) is 11.8 Å². The zero-order chi connectivity index (χ0) is 17.4. The molecule has 8 heteroatoms. The van der Waals surface area contributed by atoms with Gasteiger partial charge in [0.25, 0.3) is 0 Å². The maximum Gasteiger partial charge on any atom is 0.356 e. The van der Waals surface area contributed by atoms with Crippen molar-refractivity contribution in [3.8, 4) is 17.1 Å². The van der Waals surface area contributed by atoms with Crippen LogP contribution < -0.4 is 4.74 Å². The molecule has 4 rings (SSSR count). The Morgan fingerprint density at radius 1 is 1.36 bits per heavy atom. The summed E-state index contributed by atoms with van der Waals surface area (Å²) in [5.41, 5.74) is 0.847. The third-order valence-corrected chi connectivity index (χ3v) is 4.93. The predicted octanol–water partition coefficient (Wildman–Crippen LogP) is 2.10. The van der Waals surface area contributed by atoms with Crippen LogP contribution in [-0.4, -0.2) is 64.5 Å². The van der Waals surface area contributed by atoms with Crippen molar-refractivity contribution < 1.29 is 19.4 Å². The Bertz CT molecular complexity index is 801. The molecule has 3 heterocycles. The van der Waals surface area contributed by atoms with Crippen molar-refractivity contribution >= 4 is 21.9 Å². The first-order chi connectivity index (χ1) is 12.1. The van der Waals surface area contributed by atoms with Crippen molar-refractivity contribution in [2.45, 2.75) is 12.6 Å². The van der Waals surface area contributed by atoms with Gasteiger partial charge in [-0.25, -0.2) is 9.78 Å². The number of carboxylic acid groups (broad SMARTS) is 1. The highest BCUT2D eigenvalue weighted by Crippen LogP contribution is 2.35. The normalized spacial score (nSPS) is 20.3. The van der Waals surface area contributed by atoms with Crippen LogP contribution in [0.4, 0.5) is 0 Å². The third kappa shape index (κ3) is 3.42. The number of rotatable bonds is 3. The summed E-state index contributed by atoms with van der Waals surface area (Å²) in [6, 6.07) is 5.73. The van der Waals surface area contributed by atoms with Crippen LogP contribution in [0.2, 0.25) is 0 Å². The number of aromatic carboxylic acids is 1. The van der Waals surface area contributed by atoms with E-state index in [1.807, 2.05) is 22.8 Å². The van der Waals surface area contributed by atoms with Crippen LogP contribution in [-0.2, 0) is 11.3 Å². The molecular weight excluding hydrogens is 390 g/mol. The molecule has 1 N–H and O–H groups in total. The van der Waals surface area contributed by atoms with Crippen LogP contribution in [0.5, 0.6) is 5.75 Å². The van der Waals surface area contributed by atoms with Crippen molar-refractivity contribution in [2.24, 2.45) is 0 Å². The van der Waals surface area contributed by atoms with E-state index in [0.29, 0.717) is 12.4 Å². The Labute approximate surface area is 153 Å². The van der Waals surface area contributed by atoms with Crippen LogP contribution in [0, 0.1) is 0 Å². The summed E-state index contributed by atoms with van der Waals surface area (Å²) < 4.78 is 14.4. The Hall–Kier alpha value is -1.90. The van der Waals surface area contributed by atoms with Crippen LogP contribution in [0.1, 0.15) is 10.5 Å². The lowest BCUT2D eigenvalue weighted by Gasteiger charge is -2.30. The molecule has 1 unspecified atom stereocenters. The van der Waals surface area contributed by atoms with E-state index in [1.54, 1.807) is 6.20 Å². The molecule has 1 fully saturated rings. The number of nitrogens with zero attached hydrogens (tertiary/aromatic N) is 3. The maximum absolute atomic E-state index is 11.3. The standard InChI is InChI=1S/C17H18BrN3O4/c18-11-1-2-15-13(7-11)16-19-14(17(22)23)10-21(16)9-12(25-15)8-20-3-5-24-6-4-20/h1-2,7,10,12H,3-6,8-9H2,(H,22,23). The summed E-state index contributed by atoms with van der Waals surface area (Å²) in [5, 5.41) is 9.30. The number of carbonyl (C=O) groups is 1. The number of fused-ring (bicyclic) bond motifs is 3.